The zero-order valence-corrected chi connectivity index (χ0v) is 13.0. The quantitative estimate of drug-likeness (QED) is 0.276. The molecule has 0 saturated heterocycles. The predicted octanol–water partition coefficient (Wildman–Crippen LogP) is 0.270. The van der Waals surface area contributed by atoms with Gasteiger partial charge in [0.1, 0.15) is 0 Å². The standard InChI is InChI=1S/C16H24N4O3/c17-13(9-11-5-2-1-3-6-11)14(21)10-12(15(22)23)7-4-8-20-16(18)19/h1-3,5-6,12-13H,4,7-10,17H2,(H,22,23)(H4,18,19,20). The number of Topliss-reactive ketones (excluding diaryl/α,β-unsaturated/α-hetero) is 1. The van der Waals surface area contributed by atoms with E-state index in [1.54, 1.807) is 0 Å². The second kappa shape index (κ2) is 9.58. The molecule has 0 radical (unpaired) electrons. The van der Waals surface area contributed by atoms with E-state index in [9.17, 15) is 14.7 Å². The molecule has 1 aromatic carbocycles. The lowest BCUT2D eigenvalue weighted by Crippen LogP contribution is -2.35. The van der Waals surface area contributed by atoms with E-state index < -0.39 is 17.9 Å². The fraction of sp³-hybridized carbons (Fsp3) is 0.438. The number of hydrogen-bond acceptors (Lipinski definition) is 4. The highest BCUT2D eigenvalue weighted by molar-refractivity contribution is 5.87. The van der Waals surface area contributed by atoms with Crippen LogP contribution in [0.3, 0.4) is 0 Å². The number of benzene rings is 1. The van der Waals surface area contributed by atoms with Gasteiger partial charge in [0, 0.05) is 13.0 Å². The van der Waals surface area contributed by atoms with Crippen LogP contribution in [0.15, 0.2) is 35.3 Å². The number of hydrogen-bond donors (Lipinski definition) is 4. The van der Waals surface area contributed by atoms with Crippen molar-refractivity contribution < 1.29 is 14.7 Å². The maximum Gasteiger partial charge on any atom is 0.306 e. The minimum Gasteiger partial charge on any atom is -0.481 e. The molecule has 0 fully saturated rings. The highest BCUT2D eigenvalue weighted by atomic mass is 16.4. The van der Waals surface area contributed by atoms with Crippen molar-refractivity contribution in [3.8, 4) is 0 Å². The van der Waals surface area contributed by atoms with E-state index in [-0.39, 0.29) is 18.2 Å². The van der Waals surface area contributed by atoms with Crippen LogP contribution < -0.4 is 17.2 Å². The van der Waals surface area contributed by atoms with Crippen LogP contribution in [0.5, 0.6) is 0 Å². The van der Waals surface area contributed by atoms with E-state index in [1.807, 2.05) is 30.3 Å². The number of carboxylic acid groups (broad SMARTS) is 1. The molecule has 0 aliphatic carbocycles. The topological polar surface area (TPSA) is 145 Å². The van der Waals surface area contributed by atoms with E-state index in [1.165, 1.54) is 0 Å². The number of nitrogens with two attached hydrogens (primary N) is 3. The molecular formula is C16H24N4O3. The molecule has 1 aromatic rings. The Kier molecular flexibility index (Phi) is 7.76. The van der Waals surface area contributed by atoms with E-state index in [4.69, 9.17) is 17.2 Å². The minimum atomic E-state index is -1.00. The molecule has 0 spiro atoms. The zero-order valence-electron chi connectivity index (χ0n) is 13.0. The fourth-order valence-electron chi connectivity index (χ4n) is 2.23. The maximum absolute atomic E-state index is 12.1. The Morgan fingerprint density at radius 1 is 1.17 bits per heavy atom. The summed E-state index contributed by atoms with van der Waals surface area (Å²) in [7, 11) is 0. The number of carboxylic acids is 1. The number of nitrogens with zero attached hydrogens (tertiary/aromatic N) is 1. The first kappa shape index (κ1) is 18.6. The summed E-state index contributed by atoms with van der Waals surface area (Å²) in [6, 6.07) is 8.70. The van der Waals surface area contributed by atoms with Gasteiger partial charge in [-0.05, 0) is 24.8 Å². The Morgan fingerprint density at radius 3 is 2.39 bits per heavy atom. The summed E-state index contributed by atoms with van der Waals surface area (Å²) in [5.41, 5.74) is 17.3. The third kappa shape index (κ3) is 7.42. The monoisotopic (exact) mass is 320 g/mol. The summed E-state index contributed by atoms with van der Waals surface area (Å²) in [5.74, 6) is -2.05. The van der Waals surface area contributed by atoms with Gasteiger partial charge in [0.15, 0.2) is 11.7 Å². The summed E-state index contributed by atoms with van der Waals surface area (Å²) in [4.78, 5) is 27.2. The number of carbonyl (C=O) groups excluding carboxylic acids is 1. The Labute approximate surface area is 135 Å². The normalized spacial score (nSPS) is 13.1. The SMILES string of the molecule is NC(N)=NCCCC(CC(=O)C(N)Cc1ccccc1)C(=O)O. The Bertz CT molecular complexity index is 542. The van der Waals surface area contributed by atoms with Crippen LogP contribution in [0, 0.1) is 5.92 Å². The number of carbonyl (C=O) groups is 2. The van der Waals surface area contributed by atoms with Crippen molar-refractivity contribution >= 4 is 17.7 Å². The van der Waals surface area contributed by atoms with Gasteiger partial charge in [0.05, 0.1) is 12.0 Å². The van der Waals surface area contributed by atoms with Gasteiger partial charge < -0.3 is 22.3 Å². The highest BCUT2D eigenvalue weighted by Gasteiger charge is 2.24. The average molecular weight is 320 g/mol. The summed E-state index contributed by atoms with van der Waals surface area (Å²) in [5, 5.41) is 9.22. The molecule has 0 heterocycles. The van der Waals surface area contributed by atoms with E-state index in [2.05, 4.69) is 4.99 Å². The van der Waals surface area contributed by atoms with Crippen LogP contribution in [0.2, 0.25) is 0 Å². The molecule has 0 aliphatic heterocycles. The minimum absolute atomic E-state index is 0.0298. The van der Waals surface area contributed by atoms with E-state index in [0.29, 0.717) is 25.8 Å². The number of rotatable bonds is 10. The average Bonchev–Trinajstić information content (AvgIpc) is 2.50. The van der Waals surface area contributed by atoms with E-state index >= 15 is 0 Å². The Balaban J connectivity index is 2.49. The largest absolute Gasteiger partial charge is 0.481 e. The second-order valence-electron chi connectivity index (χ2n) is 5.45. The molecule has 0 aromatic heterocycles. The van der Waals surface area contributed by atoms with Crippen molar-refractivity contribution in [2.24, 2.45) is 28.1 Å². The van der Waals surface area contributed by atoms with Crippen molar-refractivity contribution in [2.75, 3.05) is 6.54 Å². The molecule has 2 unspecified atom stereocenters. The highest BCUT2D eigenvalue weighted by Crippen LogP contribution is 2.14. The molecular weight excluding hydrogens is 296 g/mol. The van der Waals surface area contributed by atoms with E-state index in [0.717, 1.165) is 5.56 Å². The van der Waals surface area contributed by atoms with Gasteiger partial charge in [-0.15, -0.1) is 0 Å². The van der Waals surface area contributed by atoms with Gasteiger partial charge >= 0.3 is 5.97 Å². The molecule has 23 heavy (non-hydrogen) atoms. The van der Waals surface area contributed by atoms with Crippen LogP contribution in [0.25, 0.3) is 0 Å². The zero-order chi connectivity index (χ0) is 17.2. The molecule has 0 amide bonds. The van der Waals surface area contributed by atoms with Crippen LogP contribution in [-0.2, 0) is 16.0 Å². The molecule has 0 aliphatic rings. The van der Waals surface area contributed by atoms with Gasteiger partial charge in [-0.3, -0.25) is 14.6 Å². The van der Waals surface area contributed by atoms with Gasteiger partial charge in [-0.1, -0.05) is 30.3 Å². The maximum atomic E-state index is 12.1. The lowest BCUT2D eigenvalue weighted by molar-refractivity contribution is -0.144. The molecule has 7 N–H and O–H groups in total. The van der Waals surface area contributed by atoms with Crippen molar-refractivity contribution in [3.63, 3.8) is 0 Å². The third-order valence-corrected chi connectivity index (χ3v) is 3.51. The van der Waals surface area contributed by atoms with Crippen molar-refractivity contribution in [2.45, 2.75) is 31.7 Å². The van der Waals surface area contributed by atoms with Crippen molar-refractivity contribution in [1.29, 1.82) is 0 Å². The molecule has 7 nitrogen and oxygen atoms in total. The molecule has 7 heteroatoms. The van der Waals surface area contributed by atoms with Gasteiger partial charge in [-0.25, -0.2) is 0 Å². The van der Waals surface area contributed by atoms with Crippen LogP contribution in [0.4, 0.5) is 0 Å². The van der Waals surface area contributed by atoms with Gasteiger partial charge in [0.2, 0.25) is 0 Å². The molecule has 1 rings (SSSR count). The third-order valence-electron chi connectivity index (χ3n) is 3.51. The number of guanidine groups is 1. The van der Waals surface area contributed by atoms with Crippen molar-refractivity contribution in [1.82, 2.24) is 0 Å². The summed E-state index contributed by atoms with van der Waals surface area (Å²) < 4.78 is 0. The molecule has 2 atom stereocenters. The lowest BCUT2D eigenvalue weighted by Gasteiger charge is -2.15. The molecule has 0 bridgehead atoms. The van der Waals surface area contributed by atoms with Gasteiger partial charge in [-0.2, -0.15) is 0 Å². The number of aliphatic carboxylic acids is 1. The summed E-state index contributed by atoms with van der Waals surface area (Å²) >= 11 is 0. The first-order chi connectivity index (χ1) is 10.9. The first-order valence-corrected chi connectivity index (χ1v) is 7.50. The Hall–Kier alpha value is -2.41. The number of aliphatic imine (C=N–C) groups is 1. The van der Waals surface area contributed by atoms with Crippen LogP contribution in [-0.4, -0.2) is 35.4 Å². The fourth-order valence-corrected chi connectivity index (χ4v) is 2.23. The predicted molar refractivity (Wildman–Crippen MR) is 88.8 cm³/mol. The van der Waals surface area contributed by atoms with Crippen LogP contribution >= 0.6 is 0 Å². The summed E-state index contributed by atoms with van der Waals surface area (Å²) in [6.45, 7) is 0.344. The smallest absolute Gasteiger partial charge is 0.306 e. The number of ketones is 1. The second-order valence-corrected chi connectivity index (χ2v) is 5.45. The lowest BCUT2D eigenvalue weighted by atomic mass is 9.92. The summed E-state index contributed by atoms with van der Waals surface area (Å²) in [6.07, 6.45) is 1.15. The molecule has 126 valence electrons. The molecule has 0 saturated carbocycles. The first-order valence-electron chi connectivity index (χ1n) is 7.50. The Morgan fingerprint density at radius 2 is 1.83 bits per heavy atom. The van der Waals surface area contributed by atoms with Crippen LogP contribution in [0.1, 0.15) is 24.8 Å². The van der Waals surface area contributed by atoms with Gasteiger partial charge in [0.25, 0.3) is 0 Å². The van der Waals surface area contributed by atoms with Crippen molar-refractivity contribution in [3.05, 3.63) is 35.9 Å².